The molecule has 0 spiro atoms. The third-order valence-corrected chi connectivity index (χ3v) is 3.89. The van der Waals surface area contributed by atoms with E-state index in [-0.39, 0.29) is 12.1 Å². The predicted octanol–water partition coefficient (Wildman–Crippen LogP) is 1.29. The van der Waals surface area contributed by atoms with Crippen molar-refractivity contribution in [1.29, 1.82) is 0 Å². The van der Waals surface area contributed by atoms with Crippen LogP contribution in [0.2, 0.25) is 0 Å². The minimum absolute atomic E-state index is 0.0168. The summed E-state index contributed by atoms with van der Waals surface area (Å²) in [6.45, 7) is -0.0168. The monoisotopic (exact) mass is 355 g/mol. The van der Waals surface area contributed by atoms with Gasteiger partial charge in [0.2, 0.25) is 5.88 Å². The second kappa shape index (κ2) is 7.14. The van der Waals surface area contributed by atoms with Crippen LogP contribution in [0.3, 0.4) is 0 Å². The Labute approximate surface area is 148 Å². The first-order valence-corrected chi connectivity index (χ1v) is 7.73. The van der Waals surface area contributed by atoms with E-state index in [1.807, 2.05) is 0 Å². The summed E-state index contributed by atoms with van der Waals surface area (Å²) in [5, 5.41) is 10.5. The van der Waals surface area contributed by atoms with Crippen molar-refractivity contribution in [2.24, 2.45) is 4.99 Å². The lowest BCUT2D eigenvalue weighted by molar-refractivity contribution is 0.387. The molecule has 2 N–H and O–H groups in total. The number of aromatic nitrogens is 2. The van der Waals surface area contributed by atoms with E-state index in [0.29, 0.717) is 22.8 Å². The average Bonchev–Trinajstić information content (AvgIpc) is 3.15. The third-order valence-electron chi connectivity index (χ3n) is 3.89. The first kappa shape index (κ1) is 17.3. The second-order valence-electron chi connectivity index (χ2n) is 5.47. The highest BCUT2D eigenvalue weighted by atomic mass is 16.5. The molecule has 1 aliphatic rings. The summed E-state index contributed by atoms with van der Waals surface area (Å²) in [5.74, 6) is 0.642. The van der Waals surface area contributed by atoms with Crippen LogP contribution in [0.4, 0.5) is 0 Å². The number of methoxy groups -OCH3 is 2. The van der Waals surface area contributed by atoms with E-state index in [1.165, 1.54) is 20.3 Å². The average molecular weight is 355 g/mol. The van der Waals surface area contributed by atoms with E-state index < -0.39 is 17.1 Å². The highest BCUT2D eigenvalue weighted by Crippen LogP contribution is 2.26. The van der Waals surface area contributed by atoms with Crippen LogP contribution in [0, 0.1) is 0 Å². The lowest BCUT2D eigenvalue weighted by Crippen LogP contribution is -2.31. The summed E-state index contributed by atoms with van der Waals surface area (Å²) in [4.78, 5) is 30.5. The number of nitrogens with one attached hydrogen (secondary N) is 1. The van der Waals surface area contributed by atoms with Crippen LogP contribution in [-0.4, -0.2) is 35.1 Å². The number of aromatic amines is 1. The first-order valence-electron chi connectivity index (χ1n) is 7.73. The summed E-state index contributed by atoms with van der Waals surface area (Å²) in [5.41, 5.74) is -0.372. The van der Waals surface area contributed by atoms with Crippen molar-refractivity contribution < 1.29 is 14.6 Å². The number of hydrogen-bond acceptors (Lipinski definition) is 6. The highest BCUT2D eigenvalue weighted by molar-refractivity contribution is 5.79. The van der Waals surface area contributed by atoms with Crippen molar-refractivity contribution in [3.8, 4) is 17.4 Å². The van der Waals surface area contributed by atoms with E-state index in [2.05, 4.69) is 9.98 Å². The Balaban J connectivity index is 2.10. The van der Waals surface area contributed by atoms with E-state index in [1.54, 1.807) is 36.6 Å². The third kappa shape index (κ3) is 3.30. The molecule has 134 valence electrons. The van der Waals surface area contributed by atoms with Gasteiger partial charge in [-0.05, 0) is 36.4 Å². The molecule has 0 bridgehead atoms. The molecule has 1 aromatic carbocycles. The molecule has 8 heteroatoms. The molecule has 0 fully saturated rings. The van der Waals surface area contributed by atoms with Gasteiger partial charge in [0.05, 0.1) is 26.5 Å². The number of benzene rings is 1. The molecule has 0 unspecified atom stereocenters. The molecule has 0 amide bonds. The Morgan fingerprint density at radius 2 is 2.08 bits per heavy atom. The van der Waals surface area contributed by atoms with Crippen molar-refractivity contribution >= 4 is 12.3 Å². The van der Waals surface area contributed by atoms with E-state index in [9.17, 15) is 14.7 Å². The van der Waals surface area contributed by atoms with E-state index in [4.69, 9.17) is 9.47 Å². The normalized spacial score (nSPS) is 14.2. The summed E-state index contributed by atoms with van der Waals surface area (Å²) < 4.78 is 11.5. The van der Waals surface area contributed by atoms with Gasteiger partial charge in [0.25, 0.3) is 5.56 Å². The minimum atomic E-state index is -0.731. The van der Waals surface area contributed by atoms with Gasteiger partial charge < -0.3 is 14.6 Å². The predicted molar refractivity (Wildman–Crippen MR) is 97.2 cm³/mol. The number of nitrogens with zero attached hydrogens (tertiary/aromatic N) is 2. The lowest BCUT2D eigenvalue weighted by Gasteiger charge is -2.14. The molecule has 0 saturated carbocycles. The van der Waals surface area contributed by atoms with Gasteiger partial charge >= 0.3 is 5.69 Å². The molecule has 1 aromatic heterocycles. The molecule has 0 atom stereocenters. The topological polar surface area (TPSA) is 106 Å². The van der Waals surface area contributed by atoms with Gasteiger partial charge in [-0.25, -0.2) is 4.79 Å². The van der Waals surface area contributed by atoms with Crippen LogP contribution < -0.4 is 20.7 Å². The Morgan fingerprint density at radius 1 is 1.27 bits per heavy atom. The molecule has 2 heterocycles. The molecular formula is C18H17N3O5. The maximum atomic E-state index is 12.2. The highest BCUT2D eigenvalue weighted by Gasteiger charge is 2.15. The van der Waals surface area contributed by atoms with Crippen molar-refractivity contribution in [2.75, 3.05) is 14.2 Å². The van der Waals surface area contributed by atoms with Gasteiger partial charge in [0.1, 0.15) is 17.1 Å². The van der Waals surface area contributed by atoms with Gasteiger partial charge in [-0.2, -0.15) is 0 Å². The van der Waals surface area contributed by atoms with Crippen molar-refractivity contribution in [1.82, 2.24) is 9.55 Å². The van der Waals surface area contributed by atoms with Crippen LogP contribution >= 0.6 is 0 Å². The van der Waals surface area contributed by atoms with Gasteiger partial charge in [0.15, 0.2) is 0 Å². The van der Waals surface area contributed by atoms with Gasteiger partial charge in [-0.15, -0.1) is 0 Å². The van der Waals surface area contributed by atoms with Crippen LogP contribution in [0.25, 0.3) is 6.08 Å². The van der Waals surface area contributed by atoms with E-state index >= 15 is 0 Å². The van der Waals surface area contributed by atoms with E-state index in [0.717, 1.165) is 4.57 Å². The molecule has 0 radical (unpaired) electrons. The zero-order chi connectivity index (χ0) is 18.7. The fourth-order valence-electron chi connectivity index (χ4n) is 2.57. The zero-order valence-electron chi connectivity index (χ0n) is 14.2. The Hall–Kier alpha value is -3.55. The molecule has 8 nitrogen and oxygen atoms in total. The van der Waals surface area contributed by atoms with Gasteiger partial charge in [-0.3, -0.25) is 19.3 Å². The maximum Gasteiger partial charge on any atom is 0.331 e. The number of aliphatic imine (C=N–C) groups is 1. The quantitative estimate of drug-likeness (QED) is 0.841. The Morgan fingerprint density at radius 3 is 2.73 bits per heavy atom. The zero-order valence-corrected chi connectivity index (χ0v) is 14.2. The smallest absolute Gasteiger partial charge is 0.331 e. The molecule has 3 rings (SSSR count). The summed E-state index contributed by atoms with van der Waals surface area (Å²) in [7, 11) is 3.02. The standard InChI is InChI=1S/C18H17N3O5/c1-25-13-5-6-15(26-2)11(8-13)10-21-17(23)14(16(22)20-18(21)24)9-12-4-3-7-19-12/h3-9,23H,10H2,1-2H3,(H,20,22,24). The van der Waals surface area contributed by atoms with Crippen LogP contribution in [0.5, 0.6) is 17.4 Å². The number of H-pyrrole nitrogens is 1. The SMILES string of the molecule is COc1ccc(OC)c(Cn2c(O)c(C=C3C=CC=N3)c(=O)[nH]c2=O)c1. The van der Waals surface area contributed by atoms with Crippen molar-refractivity contribution in [3.05, 3.63) is 68.0 Å². The number of ether oxygens (including phenoxy) is 2. The fourth-order valence-corrected chi connectivity index (χ4v) is 2.57. The largest absolute Gasteiger partial charge is 0.497 e. The fraction of sp³-hybridized carbons (Fsp3) is 0.167. The van der Waals surface area contributed by atoms with Crippen LogP contribution in [0.15, 0.2) is 50.6 Å². The first-order chi connectivity index (χ1) is 12.5. The van der Waals surface area contributed by atoms with Gasteiger partial charge in [-0.1, -0.05) is 0 Å². The van der Waals surface area contributed by atoms with Crippen LogP contribution in [0.1, 0.15) is 11.1 Å². The summed E-state index contributed by atoms with van der Waals surface area (Å²) >= 11 is 0. The number of rotatable bonds is 5. The van der Waals surface area contributed by atoms with Crippen LogP contribution in [-0.2, 0) is 6.54 Å². The molecule has 0 saturated heterocycles. The summed E-state index contributed by atoms with van der Waals surface area (Å²) in [6, 6.07) is 5.11. The molecule has 1 aliphatic heterocycles. The Kier molecular flexibility index (Phi) is 4.74. The molecular weight excluding hydrogens is 338 g/mol. The maximum absolute atomic E-state index is 12.2. The second-order valence-corrected chi connectivity index (χ2v) is 5.47. The van der Waals surface area contributed by atoms with Gasteiger partial charge in [0, 0.05) is 11.8 Å². The minimum Gasteiger partial charge on any atom is -0.497 e. The number of hydrogen-bond donors (Lipinski definition) is 2. The number of aromatic hydroxyl groups is 1. The Bertz CT molecular complexity index is 1030. The molecule has 0 aliphatic carbocycles. The summed E-state index contributed by atoms with van der Waals surface area (Å²) in [6.07, 6.45) is 6.36. The molecule has 26 heavy (non-hydrogen) atoms. The van der Waals surface area contributed by atoms with Crippen molar-refractivity contribution in [2.45, 2.75) is 6.54 Å². The van der Waals surface area contributed by atoms with Crippen molar-refractivity contribution in [3.63, 3.8) is 0 Å². The number of allylic oxidation sites excluding steroid dienone is 2. The molecule has 2 aromatic rings. The lowest BCUT2D eigenvalue weighted by atomic mass is 10.1.